The third-order valence-corrected chi connectivity index (χ3v) is 4.99. The number of rotatable bonds is 1. The van der Waals surface area contributed by atoms with E-state index in [1.807, 2.05) is 0 Å². The zero-order valence-corrected chi connectivity index (χ0v) is 11.0. The second-order valence-electron chi connectivity index (χ2n) is 6.29. The highest BCUT2D eigenvalue weighted by Gasteiger charge is 2.56. The Morgan fingerprint density at radius 3 is 2.47 bits per heavy atom. The van der Waals surface area contributed by atoms with Crippen LogP contribution in [0.5, 0.6) is 0 Å². The Bertz CT molecular complexity index is 305. The molecule has 3 rings (SSSR count). The minimum atomic E-state index is 0.376. The molecule has 0 aromatic heterocycles. The van der Waals surface area contributed by atoms with Gasteiger partial charge in [-0.2, -0.15) is 0 Å². The fourth-order valence-corrected chi connectivity index (χ4v) is 3.88. The highest BCUT2D eigenvalue weighted by atomic mass is 16.2. The first kappa shape index (κ1) is 11.5. The van der Waals surface area contributed by atoms with Crippen LogP contribution in [0.2, 0.25) is 0 Å². The molecule has 0 spiro atoms. The fraction of sp³-hybridized carbons (Fsp3) is 0.929. The normalized spacial score (nSPS) is 45.3. The van der Waals surface area contributed by atoms with E-state index >= 15 is 0 Å². The molecule has 1 aliphatic heterocycles. The smallest absolute Gasteiger partial charge is 0.226 e. The number of nitrogens with zero attached hydrogens (tertiary/aromatic N) is 1. The van der Waals surface area contributed by atoms with Crippen LogP contribution >= 0.6 is 0 Å². The van der Waals surface area contributed by atoms with Crippen LogP contribution in [0.4, 0.5) is 0 Å². The summed E-state index contributed by atoms with van der Waals surface area (Å²) in [5.74, 6) is 2.34. The topological polar surface area (TPSA) is 32.3 Å². The third-order valence-electron chi connectivity index (χ3n) is 4.99. The van der Waals surface area contributed by atoms with E-state index in [9.17, 15) is 4.79 Å². The van der Waals surface area contributed by atoms with Gasteiger partial charge >= 0.3 is 0 Å². The molecule has 0 aromatic rings. The summed E-state index contributed by atoms with van der Waals surface area (Å²) in [6.45, 7) is 6.19. The first-order valence-corrected chi connectivity index (χ1v) is 7.22. The van der Waals surface area contributed by atoms with Crippen molar-refractivity contribution in [3.8, 4) is 0 Å². The molecule has 0 aromatic carbocycles. The highest BCUT2D eigenvalue weighted by Crippen LogP contribution is 2.56. The van der Waals surface area contributed by atoms with Crippen molar-refractivity contribution in [2.75, 3.05) is 13.1 Å². The van der Waals surface area contributed by atoms with Crippen LogP contribution in [0.3, 0.4) is 0 Å². The van der Waals surface area contributed by atoms with Crippen molar-refractivity contribution in [2.24, 2.45) is 17.8 Å². The van der Waals surface area contributed by atoms with Crippen molar-refractivity contribution in [3.63, 3.8) is 0 Å². The molecular formula is C14H24N2O. The van der Waals surface area contributed by atoms with Crippen LogP contribution in [0.15, 0.2) is 0 Å². The molecule has 2 saturated carbocycles. The molecule has 1 heterocycles. The largest absolute Gasteiger partial charge is 0.337 e. The summed E-state index contributed by atoms with van der Waals surface area (Å²) >= 11 is 0. The van der Waals surface area contributed by atoms with Gasteiger partial charge < -0.3 is 10.2 Å². The maximum atomic E-state index is 12.6. The molecule has 1 amide bonds. The zero-order chi connectivity index (χ0) is 12.0. The second kappa shape index (κ2) is 4.27. The van der Waals surface area contributed by atoms with E-state index in [2.05, 4.69) is 24.1 Å². The van der Waals surface area contributed by atoms with Crippen LogP contribution in [0.25, 0.3) is 0 Å². The van der Waals surface area contributed by atoms with Gasteiger partial charge in [-0.15, -0.1) is 0 Å². The highest BCUT2D eigenvalue weighted by molar-refractivity contribution is 5.83. The monoisotopic (exact) mass is 236 g/mol. The number of hydrogen-bond acceptors (Lipinski definition) is 2. The Hall–Kier alpha value is -0.570. The molecule has 96 valence electrons. The van der Waals surface area contributed by atoms with E-state index in [-0.39, 0.29) is 0 Å². The lowest BCUT2D eigenvalue weighted by Gasteiger charge is -2.38. The minimum absolute atomic E-state index is 0.376. The molecule has 3 nitrogen and oxygen atoms in total. The zero-order valence-electron chi connectivity index (χ0n) is 11.0. The van der Waals surface area contributed by atoms with E-state index in [1.165, 1.54) is 25.7 Å². The second-order valence-corrected chi connectivity index (χ2v) is 6.29. The summed E-state index contributed by atoms with van der Waals surface area (Å²) in [6.07, 6.45) is 5.30. The van der Waals surface area contributed by atoms with Crippen molar-refractivity contribution < 1.29 is 4.79 Å². The quantitative estimate of drug-likeness (QED) is 0.750. The predicted molar refractivity (Wildman–Crippen MR) is 67.6 cm³/mol. The molecule has 2 aliphatic carbocycles. The molecule has 1 saturated heterocycles. The van der Waals surface area contributed by atoms with Crippen molar-refractivity contribution in [1.29, 1.82) is 0 Å². The summed E-state index contributed by atoms with van der Waals surface area (Å²) in [6, 6.07) is 0.831. The number of piperazine rings is 1. The van der Waals surface area contributed by atoms with E-state index in [4.69, 9.17) is 0 Å². The molecular weight excluding hydrogens is 212 g/mol. The van der Waals surface area contributed by atoms with Gasteiger partial charge in [0, 0.05) is 31.1 Å². The molecule has 3 aliphatic rings. The maximum Gasteiger partial charge on any atom is 0.226 e. The SMILES string of the molecule is CC1CN(C(=O)C2C3CCCCC32)C(C)CN1. The minimum Gasteiger partial charge on any atom is -0.337 e. The molecule has 3 fully saturated rings. The van der Waals surface area contributed by atoms with Gasteiger partial charge in [0.25, 0.3) is 0 Å². The molecule has 4 atom stereocenters. The van der Waals surface area contributed by atoms with Gasteiger partial charge in [0.05, 0.1) is 0 Å². The summed E-state index contributed by atoms with van der Waals surface area (Å²) in [5.41, 5.74) is 0. The third kappa shape index (κ3) is 1.99. The molecule has 0 bridgehead atoms. The summed E-state index contributed by atoms with van der Waals surface area (Å²) < 4.78 is 0. The maximum absolute atomic E-state index is 12.6. The lowest BCUT2D eigenvalue weighted by atomic mass is 10.0. The van der Waals surface area contributed by atoms with Gasteiger partial charge in [-0.1, -0.05) is 12.8 Å². The summed E-state index contributed by atoms with van der Waals surface area (Å²) in [7, 11) is 0. The molecule has 4 unspecified atom stereocenters. The van der Waals surface area contributed by atoms with Crippen molar-refractivity contribution in [2.45, 2.75) is 51.6 Å². The first-order valence-electron chi connectivity index (χ1n) is 7.22. The number of hydrogen-bond donors (Lipinski definition) is 1. The summed E-state index contributed by atoms with van der Waals surface area (Å²) in [5, 5.41) is 3.44. The number of amides is 1. The van der Waals surface area contributed by atoms with Crippen molar-refractivity contribution >= 4 is 5.91 Å². The number of carbonyl (C=O) groups is 1. The molecule has 1 N–H and O–H groups in total. The Labute approximate surface area is 104 Å². The Kier molecular flexibility index (Phi) is 2.89. The first-order chi connectivity index (χ1) is 8.18. The average molecular weight is 236 g/mol. The van der Waals surface area contributed by atoms with Gasteiger partial charge in [0.2, 0.25) is 5.91 Å². The number of fused-ring (bicyclic) bond motifs is 1. The molecule has 17 heavy (non-hydrogen) atoms. The lowest BCUT2D eigenvalue weighted by molar-refractivity contribution is -0.136. The molecule has 3 heteroatoms. The Morgan fingerprint density at radius 1 is 1.18 bits per heavy atom. The lowest BCUT2D eigenvalue weighted by Crippen LogP contribution is -2.56. The van der Waals surface area contributed by atoms with Gasteiger partial charge in [0.15, 0.2) is 0 Å². The van der Waals surface area contributed by atoms with Crippen LogP contribution in [-0.2, 0) is 4.79 Å². The predicted octanol–water partition coefficient (Wildman–Crippen LogP) is 1.63. The Morgan fingerprint density at radius 2 is 1.82 bits per heavy atom. The van der Waals surface area contributed by atoms with E-state index in [0.717, 1.165) is 24.9 Å². The van der Waals surface area contributed by atoms with E-state index in [1.54, 1.807) is 0 Å². The standard InChI is InChI=1S/C14H24N2O/c1-9-8-16(10(2)7-15-9)14(17)13-11-5-3-4-6-12(11)13/h9-13,15H,3-8H2,1-2H3. The average Bonchev–Trinajstić information content (AvgIpc) is 3.05. The van der Waals surface area contributed by atoms with Crippen LogP contribution < -0.4 is 5.32 Å². The van der Waals surface area contributed by atoms with Gasteiger partial charge in [-0.3, -0.25) is 4.79 Å². The number of carbonyl (C=O) groups excluding carboxylic acids is 1. The van der Waals surface area contributed by atoms with Crippen molar-refractivity contribution in [3.05, 3.63) is 0 Å². The summed E-state index contributed by atoms with van der Waals surface area (Å²) in [4.78, 5) is 14.7. The van der Waals surface area contributed by atoms with Crippen LogP contribution in [0.1, 0.15) is 39.5 Å². The van der Waals surface area contributed by atoms with Gasteiger partial charge in [0.1, 0.15) is 0 Å². The molecule has 0 radical (unpaired) electrons. The van der Waals surface area contributed by atoms with Crippen LogP contribution in [-0.4, -0.2) is 36.0 Å². The Balaban J connectivity index is 1.65. The van der Waals surface area contributed by atoms with Gasteiger partial charge in [-0.25, -0.2) is 0 Å². The van der Waals surface area contributed by atoms with Crippen molar-refractivity contribution in [1.82, 2.24) is 10.2 Å². The van der Waals surface area contributed by atoms with Crippen LogP contribution in [0, 0.1) is 17.8 Å². The van der Waals surface area contributed by atoms with Gasteiger partial charge in [-0.05, 0) is 38.5 Å². The van der Waals surface area contributed by atoms with E-state index < -0.39 is 0 Å². The van der Waals surface area contributed by atoms with E-state index in [0.29, 0.717) is 23.9 Å². The fourth-order valence-electron chi connectivity index (χ4n) is 3.88. The number of nitrogens with one attached hydrogen (secondary N) is 1.